The monoisotopic (exact) mass is 397 g/mol. The highest BCUT2D eigenvalue weighted by atomic mass is 19.1. The number of halogens is 1. The van der Waals surface area contributed by atoms with Gasteiger partial charge in [0, 0.05) is 31.3 Å². The Morgan fingerprint density at radius 3 is 2.34 bits per heavy atom. The largest absolute Gasteiger partial charge is 0.496 e. The molecule has 0 radical (unpaired) electrons. The van der Waals surface area contributed by atoms with Crippen molar-refractivity contribution in [2.24, 2.45) is 0 Å². The molecule has 152 valence electrons. The lowest BCUT2D eigenvalue weighted by Crippen LogP contribution is -2.33. The molecular weight excluding hydrogens is 373 g/mol. The van der Waals surface area contributed by atoms with Gasteiger partial charge in [0.25, 0.3) is 0 Å². The Labute approximate surface area is 170 Å². The lowest BCUT2D eigenvalue weighted by atomic mass is 9.97. The summed E-state index contributed by atoms with van der Waals surface area (Å²) in [7, 11) is 4.80. The van der Waals surface area contributed by atoms with Crippen molar-refractivity contribution in [1.29, 1.82) is 0 Å². The minimum atomic E-state index is -0.326. The van der Waals surface area contributed by atoms with E-state index in [1.807, 2.05) is 18.2 Å². The lowest BCUT2D eigenvalue weighted by molar-refractivity contribution is -0.125. The van der Waals surface area contributed by atoms with Crippen LogP contribution in [-0.4, -0.2) is 45.2 Å². The van der Waals surface area contributed by atoms with E-state index in [4.69, 9.17) is 14.2 Å². The van der Waals surface area contributed by atoms with Crippen LogP contribution in [0.4, 0.5) is 4.39 Å². The highest BCUT2D eigenvalue weighted by Gasteiger charge is 2.22. The summed E-state index contributed by atoms with van der Waals surface area (Å²) in [6.45, 7) is 1.04. The maximum absolute atomic E-state index is 13.3. The van der Waals surface area contributed by atoms with Crippen LogP contribution >= 0.6 is 0 Å². The first-order valence-electron chi connectivity index (χ1n) is 9.27. The molecule has 6 heteroatoms. The Bertz CT molecular complexity index is 927. The predicted octanol–water partition coefficient (Wildman–Crippen LogP) is 4.18. The fourth-order valence-electron chi connectivity index (χ4n) is 3.30. The van der Waals surface area contributed by atoms with Gasteiger partial charge in [0.1, 0.15) is 23.1 Å². The fourth-order valence-corrected chi connectivity index (χ4v) is 3.30. The third-order valence-corrected chi connectivity index (χ3v) is 4.82. The topological polar surface area (TPSA) is 48.0 Å². The van der Waals surface area contributed by atoms with E-state index in [9.17, 15) is 9.18 Å². The van der Waals surface area contributed by atoms with E-state index >= 15 is 0 Å². The Morgan fingerprint density at radius 1 is 1.07 bits per heavy atom. The molecule has 29 heavy (non-hydrogen) atoms. The van der Waals surface area contributed by atoms with Gasteiger partial charge in [-0.05, 0) is 35.8 Å². The first-order valence-corrected chi connectivity index (χ1v) is 9.27. The van der Waals surface area contributed by atoms with Crippen LogP contribution < -0.4 is 14.2 Å². The highest BCUT2D eigenvalue weighted by molar-refractivity contribution is 5.92. The van der Waals surface area contributed by atoms with Gasteiger partial charge in [-0.15, -0.1) is 0 Å². The molecule has 1 heterocycles. The van der Waals surface area contributed by atoms with Crippen molar-refractivity contribution in [1.82, 2.24) is 4.90 Å². The molecule has 0 saturated heterocycles. The highest BCUT2D eigenvalue weighted by Crippen LogP contribution is 2.40. The van der Waals surface area contributed by atoms with Crippen molar-refractivity contribution in [3.63, 3.8) is 0 Å². The van der Waals surface area contributed by atoms with Crippen LogP contribution in [0.3, 0.4) is 0 Å². The van der Waals surface area contributed by atoms with Gasteiger partial charge in [-0.25, -0.2) is 4.39 Å². The molecule has 0 aromatic heterocycles. The number of amides is 1. The van der Waals surface area contributed by atoms with E-state index in [2.05, 4.69) is 0 Å². The quantitative estimate of drug-likeness (QED) is 0.686. The molecule has 0 spiro atoms. The number of benzene rings is 2. The van der Waals surface area contributed by atoms with E-state index in [0.29, 0.717) is 42.3 Å². The summed E-state index contributed by atoms with van der Waals surface area (Å²) in [5, 5.41) is 0. The van der Waals surface area contributed by atoms with Crippen LogP contribution in [0.2, 0.25) is 0 Å². The van der Waals surface area contributed by atoms with E-state index in [-0.39, 0.29) is 11.7 Å². The van der Waals surface area contributed by atoms with Crippen LogP contribution in [0.1, 0.15) is 17.5 Å². The molecule has 0 unspecified atom stereocenters. The molecule has 0 aliphatic carbocycles. The molecule has 0 atom stereocenters. The Kier molecular flexibility index (Phi) is 6.54. The number of methoxy groups -OCH3 is 3. The minimum absolute atomic E-state index is 0.113. The first-order chi connectivity index (χ1) is 14.0. The van der Waals surface area contributed by atoms with Crippen molar-refractivity contribution in [2.45, 2.75) is 6.42 Å². The Balaban J connectivity index is 1.76. The van der Waals surface area contributed by atoms with Crippen molar-refractivity contribution in [2.75, 3.05) is 34.4 Å². The van der Waals surface area contributed by atoms with Crippen molar-refractivity contribution < 1.29 is 23.4 Å². The molecule has 0 fully saturated rings. The summed E-state index contributed by atoms with van der Waals surface area (Å²) in [5.74, 6) is 1.54. The second kappa shape index (κ2) is 9.28. The summed E-state index contributed by atoms with van der Waals surface area (Å²) >= 11 is 0. The zero-order chi connectivity index (χ0) is 20.8. The molecule has 1 aliphatic rings. The third kappa shape index (κ3) is 4.77. The lowest BCUT2D eigenvalue weighted by Gasteiger charge is -2.27. The second-order valence-corrected chi connectivity index (χ2v) is 6.56. The van der Waals surface area contributed by atoms with Crippen LogP contribution in [-0.2, 0) is 4.79 Å². The maximum atomic E-state index is 13.3. The molecule has 3 rings (SSSR count). The van der Waals surface area contributed by atoms with Crippen LogP contribution in [0.5, 0.6) is 17.2 Å². The van der Waals surface area contributed by atoms with E-state index in [1.54, 1.807) is 44.4 Å². The van der Waals surface area contributed by atoms with Gasteiger partial charge in [0.2, 0.25) is 5.91 Å². The Hall–Kier alpha value is -3.28. The third-order valence-electron chi connectivity index (χ3n) is 4.82. The van der Waals surface area contributed by atoms with Crippen molar-refractivity contribution >= 4 is 17.6 Å². The van der Waals surface area contributed by atoms with Crippen LogP contribution in [0.15, 0.2) is 48.6 Å². The second-order valence-electron chi connectivity index (χ2n) is 6.56. The van der Waals surface area contributed by atoms with Crippen molar-refractivity contribution in [3.05, 3.63) is 65.5 Å². The molecule has 1 aliphatic heterocycles. The van der Waals surface area contributed by atoms with Gasteiger partial charge in [-0.2, -0.15) is 0 Å². The van der Waals surface area contributed by atoms with Gasteiger partial charge in [0.05, 0.1) is 26.9 Å². The summed E-state index contributed by atoms with van der Waals surface area (Å²) < 4.78 is 29.6. The summed E-state index contributed by atoms with van der Waals surface area (Å²) in [6, 6.07) is 9.77. The normalized spacial score (nSPS) is 13.9. The van der Waals surface area contributed by atoms with Gasteiger partial charge >= 0.3 is 0 Å². The average Bonchev–Trinajstić information content (AvgIpc) is 2.76. The molecule has 0 N–H and O–H groups in total. The number of ether oxygens (including phenoxy) is 3. The smallest absolute Gasteiger partial charge is 0.246 e. The summed E-state index contributed by atoms with van der Waals surface area (Å²) in [4.78, 5) is 14.2. The van der Waals surface area contributed by atoms with E-state index in [1.165, 1.54) is 18.2 Å². The first kappa shape index (κ1) is 20.5. The summed E-state index contributed by atoms with van der Waals surface area (Å²) in [5.41, 5.74) is 2.58. The molecule has 2 aromatic rings. The fraction of sp³-hybridized carbons (Fsp3) is 0.261. The van der Waals surface area contributed by atoms with Gasteiger partial charge in [-0.1, -0.05) is 18.2 Å². The van der Waals surface area contributed by atoms with E-state index in [0.717, 1.165) is 11.1 Å². The molecule has 1 amide bonds. The molecule has 0 saturated carbocycles. The molecule has 0 bridgehead atoms. The molecule has 5 nitrogen and oxygen atoms in total. The summed E-state index contributed by atoms with van der Waals surface area (Å²) in [6.07, 6.45) is 5.77. The number of carbonyl (C=O) groups excluding carboxylic acids is 1. The van der Waals surface area contributed by atoms with E-state index < -0.39 is 0 Å². The minimum Gasteiger partial charge on any atom is -0.496 e. The number of hydrogen-bond acceptors (Lipinski definition) is 4. The van der Waals surface area contributed by atoms with Gasteiger partial charge < -0.3 is 19.1 Å². The van der Waals surface area contributed by atoms with Crippen LogP contribution in [0.25, 0.3) is 11.6 Å². The maximum Gasteiger partial charge on any atom is 0.246 e. The number of nitrogens with zero attached hydrogens (tertiary/aromatic N) is 1. The standard InChI is InChI=1S/C23H24FNO4/c1-27-19-14-20(28-2)23(21(15-19)29-3)17-9-11-25(12-10-17)22(26)8-7-16-5-4-6-18(24)13-16/h4-9,13-15H,10-12H2,1-3H3. The van der Waals surface area contributed by atoms with Crippen LogP contribution in [0, 0.1) is 5.82 Å². The number of carbonyl (C=O) groups is 1. The average molecular weight is 397 g/mol. The SMILES string of the molecule is COc1cc(OC)c(C2=CCN(C(=O)C=Cc3cccc(F)c3)CC2)c(OC)c1. The predicted molar refractivity (Wildman–Crippen MR) is 111 cm³/mol. The Morgan fingerprint density at radius 2 is 1.79 bits per heavy atom. The zero-order valence-corrected chi connectivity index (χ0v) is 16.8. The number of rotatable bonds is 6. The molecule has 2 aromatic carbocycles. The molecular formula is C23H24FNO4. The number of hydrogen-bond donors (Lipinski definition) is 0. The van der Waals surface area contributed by atoms with Gasteiger partial charge in [-0.3, -0.25) is 4.79 Å². The van der Waals surface area contributed by atoms with Crippen molar-refractivity contribution in [3.8, 4) is 17.2 Å². The van der Waals surface area contributed by atoms with Gasteiger partial charge in [0.15, 0.2) is 0 Å². The zero-order valence-electron chi connectivity index (χ0n) is 16.8.